The van der Waals surface area contributed by atoms with Gasteiger partial charge in [-0.05, 0) is 27.9 Å². The number of hydrogen-bond acceptors (Lipinski definition) is 5. The van der Waals surface area contributed by atoms with Crippen molar-refractivity contribution in [3.63, 3.8) is 0 Å². The highest BCUT2D eigenvalue weighted by atomic mass is 16.2. The highest BCUT2D eigenvalue weighted by Crippen LogP contribution is 2.19. The Kier molecular flexibility index (Phi) is 7.18. The van der Waals surface area contributed by atoms with Gasteiger partial charge in [-0.15, -0.1) is 0 Å². The first-order chi connectivity index (χ1) is 9.55. The molecule has 2 rings (SSSR count). The van der Waals surface area contributed by atoms with Gasteiger partial charge in [0.2, 0.25) is 0 Å². The van der Waals surface area contributed by atoms with Crippen molar-refractivity contribution in [3.05, 3.63) is 0 Å². The molecule has 0 atom stereocenters. The average Bonchev–Trinajstić information content (AvgIpc) is 2.34. The van der Waals surface area contributed by atoms with E-state index >= 15 is 0 Å². The van der Waals surface area contributed by atoms with Gasteiger partial charge in [0.15, 0.2) is 11.6 Å². The molecular weight excluding hydrogens is 284 g/mol. The van der Waals surface area contributed by atoms with E-state index in [1.54, 1.807) is 14.1 Å². The molecule has 2 aliphatic heterocycles. The van der Waals surface area contributed by atoms with Crippen LogP contribution in [0.3, 0.4) is 0 Å². The zero-order chi connectivity index (χ0) is 16.4. The molecule has 7 nitrogen and oxygen atoms in total. The quantitative estimate of drug-likeness (QED) is 0.646. The van der Waals surface area contributed by atoms with Gasteiger partial charge in [0.25, 0.3) is 0 Å². The third-order valence-electron chi connectivity index (χ3n) is 4.18. The summed E-state index contributed by atoms with van der Waals surface area (Å²) >= 11 is 0. The highest BCUT2D eigenvalue weighted by molar-refractivity contribution is 5.92. The molecule has 2 saturated heterocycles. The first kappa shape index (κ1) is 20.5. The number of likely N-dealkylation sites (N-methyl/N-ethyl adjacent to an activating group) is 4. The molecule has 22 heavy (non-hydrogen) atoms. The number of amides is 2. The Morgan fingerprint density at radius 2 is 1.05 bits per heavy atom. The van der Waals surface area contributed by atoms with Gasteiger partial charge in [-0.1, -0.05) is 7.43 Å². The summed E-state index contributed by atoms with van der Waals surface area (Å²) < 4.78 is 0. The van der Waals surface area contributed by atoms with Crippen molar-refractivity contribution in [1.29, 1.82) is 0 Å². The fourth-order valence-electron chi connectivity index (χ4n) is 2.26. The summed E-state index contributed by atoms with van der Waals surface area (Å²) in [5, 5.41) is 0. The van der Waals surface area contributed by atoms with Crippen LogP contribution in [0, 0.1) is 0 Å². The summed E-state index contributed by atoms with van der Waals surface area (Å²) in [5.74, 6) is 0.388. The Hall–Kier alpha value is -1.47. The van der Waals surface area contributed by atoms with Crippen LogP contribution in [0.5, 0.6) is 0 Å². The second-order valence-electron chi connectivity index (χ2n) is 6.28. The van der Waals surface area contributed by atoms with Crippen molar-refractivity contribution < 1.29 is 14.4 Å². The van der Waals surface area contributed by atoms with Crippen LogP contribution in [-0.4, -0.2) is 97.2 Å². The zero-order valence-electron chi connectivity index (χ0n) is 13.8. The lowest BCUT2D eigenvalue weighted by molar-refractivity contribution is -0.134. The molecule has 0 aromatic carbocycles. The first-order valence-corrected chi connectivity index (χ1v) is 6.97. The van der Waals surface area contributed by atoms with Gasteiger partial charge in [0.1, 0.15) is 0 Å². The van der Waals surface area contributed by atoms with Gasteiger partial charge in [-0.25, -0.2) is 4.79 Å². The third kappa shape index (κ3) is 4.78. The molecule has 0 spiro atoms. The molecule has 0 aromatic heterocycles. The molecule has 0 aliphatic carbocycles. The Balaban J connectivity index is 0.000000385. The van der Waals surface area contributed by atoms with E-state index in [2.05, 4.69) is 23.6 Å². The van der Waals surface area contributed by atoms with E-state index in [-0.39, 0.29) is 38.0 Å². The third-order valence-corrected chi connectivity index (χ3v) is 4.18. The smallest absolute Gasteiger partial charge is 0.320 e. The fourth-order valence-corrected chi connectivity index (χ4v) is 2.26. The van der Waals surface area contributed by atoms with E-state index in [9.17, 15) is 14.4 Å². The molecule has 0 unspecified atom stereocenters. The summed E-state index contributed by atoms with van der Waals surface area (Å²) in [6, 6.07) is -0.0837. The van der Waals surface area contributed by atoms with E-state index in [1.807, 2.05) is 14.1 Å². The van der Waals surface area contributed by atoms with Crippen LogP contribution in [-0.2, 0) is 9.59 Å². The molecule has 7 heteroatoms. The summed E-state index contributed by atoms with van der Waals surface area (Å²) in [5.41, 5.74) is 0.0217. The van der Waals surface area contributed by atoms with Crippen molar-refractivity contribution in [2.75, 3.05) is 54.4 Å². The predicted molar refractivity (Wildman–Crippen MR) is 86.7 cm³/mol. The van der Waals surface area contributed by atoms with Crippen molar-refractivity contribution >= 4 is 17.6 Å². The number of carbonyl (C=O) groups excluding carboxylic acids is 3. The van der Waals surface area contributed by atoms with Crippen LogP contribution >= 0.6 is 0 Å². The van der Waals surface area contributed by atoms with E-state index in [4.69, 9.17) is 0 Å². The van der Waals surface area contributed by atoms with Crippen LogP contribution in [0.2, 0.25) is 0 Å². The monoisotopic (exact) mass is 314 g/mol. The number of carbonyl (C=O) groups is 3. The molecule has 0 aromatic rings. The number of urea groups is 1. The topological polar surface area (TPSA) is 64.2 Å². The molecular formula is C15H30N4O3. The summed E-state index contributed by atoms with van der Waals surface area (Å²) in [6.45, 7) is 5.92. The summed E-state index contributed by atoms with van der Waals surface area (Å²) in [6.07, 6.45) is 0. The lowest BCUT2D eigenvalue weighted by Gasteiger charge is -2.46. The second-order valence-corrected chi connectivity index (χ2v) is 6.28. The van der Waals surface area contributed by atoms with Gasteiger partial charge < -0.3 is 9.80 Å². The number of rotatable bonds is 0. The Bertz CT molecular complexity index is 405. The normalized spacial score (nSPS) is 22.9. The Morgan fingerprint density at radius 1 is 0.727 bits per heavy atom. The maximum absolute atomic E-state index is 11.1. The van der Waals surface area contributed by atoms with Gasteiger partial charge >= 0.3 is 6.03 Å². The minimum Gasteiger partial charge on any atom is -0.320 e. The lowest BCUT2D eigenvalue weighted by atomic mass is 10.1. The SMILES string of the molecule is C.CN1CC(=O)CN(C)C1(C)C.CN1CC(=O)CN(C)C1=O. The molecule has 2 amide bonds. The number of Topliss-reactive ketones (excluding diaryl/α,β-unsaturated/α-hetero) is 2. The van der Waals surface area contributed by atoms with Crippen LogP contribution in [0.1, 0.15) is 21.3 Å². The standard InChI is InChI=1S/C8H16N2O.C6H10N2O2.CH4/c1-8(2)9(3)5-7(11)6-10(8)4;1-7-3-5(9)4-8(2)6(7)10;/h5-6H2,1-4H3;3-4H2,1-2H3;1H4. The van der Waals surface area contributed by atoms with Gasteiger partial charge in [0, 0.05) is 14.1 Å². The minimum atomic E-state index is -0.0837. The first-order valence-electron chi connectivity index (χ1n) is 6.97. The maximum Gasteiger partial charge on any atom is 0.320 e. The van der Waals surface area contributed by atoms with Crippen LogP contribution < -0.4 is 0 Å². The molecule has 128 valence electrons. The van der Waals surface area contributed by atoms with Crippen molar-refractivity contribution in [3.8, 4) is 0 Å². The summed E-state index contributed by atoms with van der Waals surface area (Å²) in [7, 11) is 7.20. The fraction of sp³-hybridized carbons (Fsp3) is 0.800. The van der Waals surface area contributed by atoms with Crippen LogP contribution in [0.25, 0.3) is 0 Å². The van der Waals surface area contributed by atoms with Crippen molar-refractivity contribution in [2.45, 2.75) is 26.9 Å². The van der Waals surface area contributed by atoms with E-state index in [0.29, 0.717) is 18.9 Å². The Morgan fingerprint density at radius 3 is 1.41 bits per heavy atom. The minimum absolute atomic E-state index is 0. The lowest BCUT2D eigenvalue weighted by Crippen LogP contribution is -2.61. The van der Waals surface area contributed by atoms with Crippen molar-refractivity contribution in [1.82, 2.24) is 19.6 Å². The molecule has 2 aliphatic rings. The van der Waals surface area contributed by atoms with Crippen LogP contribution in [0.15, 0.2) is 0 Å². The van der Waals surface area contributed by atoms with Gasteiger partial charge in [-0.3, -0.25) is 19.4 Å². The Labute approximate surface area is 133 Å². The number of ketones is 2. The summed E-state index contributed by atoms with van der Waals surface area (Å²) in [4.78, 5) is 39.8. The molecule has 0 radical (unpaired) electrons. The number of nitrogens with zero attached hydrogens (tertiary/aromatic N) is 4. The molecule has 0 N–H and O–H groups in total. The molecule has 2 heterocycles. The molecule has 2 fully saturated rings. The van der Waals surface area contributed by atoms with Gasteiger partial charge in [-0.2, -0.15) is 0 Å². The van der Waals surface area contributed by atoms with E-state index in [0.717, 1.165) is 0 Å². The van der Waals surface area contributed by atoms with E-state index in [1.165, 1.54) is 9.80 Å². The molecule has 0 bridgehead atoms. The predicted octanol–water partition coefficient (Wildman–Crippen LogP) is 0.358. The van der Waals surface area contributed by atoms with Crippen molar-refractivity contribution in [2.24, 2.45) is 0 Å². The molecule has 0 saturated carbocycles. The van der Waals surface area contributed by atoms with Gasteiger partial charge in [0.05, 0.1) is 31.8 Å². The maximum atomic E-state index is 11.1. The average molecular weight is 314 g/mol. The second kappa shape index (κ2) is 7.69. The highest BCUT2D eigenvalue weighted by Gasteiger charge is 2.34. The zero-order valence-corrected chi connectivity index (χ0v) is 13.8. The van der Waals surface area contributed by atoms with E-state index < -0.39 is 0 Å². The largest absolute Gasteiger partial charge is 0.320 e. The number of hydrogen-bond donors (Lipinski definition) is 0. The van der Waals surface area contributed by atoms with Crippen LogP contribution in [0.4, 0.5) is 4.79 Å².